The Hall–Kier alpha value is -0.361. The minimum atomic E-state index is -0.336. The molecule has 3 heteroatoms. The van der Waals surface area contributed by atoms with E-state index in [4.69, 9.17) is 0 Å². The third kappa shape index (κ3) is 3.82. The first-order valence-corrected chi connectivity index (χ1v) is 2.59. The molecule has 0 N–H and O–H groups in total. The van der Waals surface area contributed by atoms with Crippen LogP contribution in [-0.4, -0.2) is 11.6 Å². The summed E-state index contributed by atoms with van der Waals surface area (Å²) in [6.07, 6.45) is -0.0660. The molecular formula is C5H5FeO2. The summed E-state index contributed by atoms with van der Waals surface area (Å²) < 4.78 is 2.09. The molecule has 0 fully saturated rings. The molecule has 0 saturated carbocycles. The molecule has 0 aromatic rings. The van der Waals surface area contributed by atoms with E-state index in [0.29, 0.717) is 0 Å². The first kappa shape index (κ1) is 7.64. The van der Waals surface area contributed by atoms with Crippen LogP contribution < -0.4 is 0 Å². The van der Waals surface area contributed by atoms with Gasteiger partial charge in [-0.05, 0) is 0 Å². The van der Waals surface area contributed by atoms with Crippen molar-refractivity contribution in [2.45, 2.75) is 13.3 Å². The molecular weight excluding hydrogens is 148 g/mol. The molecule has 0 atom stereocenters. The fourth-order valence-corrected chi connectivity index (χ4v) is 0.355. The second-order valence-electron chi connectivity index (χ2n) is 1.39. The number of hydrogen-bond acceptors (Lipinski definition) is 2. The molecule has 0 bridgehead atoms. The molecule has 0 spiro atoms. The maximum absolute atomic E-state index is 10.2. The summed E-state index contributed by atoms with van der Waals surface area (Å²) in [5.41, 5.74) is 0. The van der Waals surface area contributed by atoms with Gasteiger partial charge in [0.05, 0.1) is 0 Å². The van der Waals surface area contributed by atoms with Crippen LogP contribution in [0.2, 0.25) is 0 Å². The Morgan fingerprint density at radius 1 is 1.62 bits per heavy atom. The number of Topliss-reactive ketones (excluding diaryl/α,β-unsaturated/α-hetero) is 2. The van der Waals surface area contributed by atoms with Gasteiger partial charge in [0.15, 0.2) is 0 Å². The second-order valence-corrected chi connectivity index (χ2v) is 1.67. The van der Waals surface area contributed by atoms with Crippen LogP contribution in [0, 0.1) is 4.73 Å². The van der Waals surface area contributed by atoms with Crippen molar-refractivity contribution < 1.29 is 25.0 Å². The van der Waals surface area contributed by atoms with Crippen molar-refractivity contribution in [2.24, 2.45) is 0 Å². The monoisotopic (exact) mass is 153 g/mol. The van der Waals surface area contributed by atoms with E-state index in [-0.39, 0.29) is 18.0 Å². The first-order chi connectivity index (χ1) is 3.66. The fourth-order valence-electron chi connectivity index (χ4n) is 0.257. The van der Waals surface area contributed by atoms with Crippen molar-refractivity contribution >= 4 is 11.6 Å². The van der Waals surface area contributed by atoms with E-state index in [9.17, 15) is 9.59 Å². The second kappa shape index (κ2) is 3.62. The molecule has 0 aliphatic rings. The number of carbonyl (C=O) groups excluding carboxylic acids is 2. The molecule has 0 rings (SSSR count). The molecule has 0 unspecified atom stereocenters. The number of carbonyl (C=O) groups is 2. The summed E-state index contributed by atoms with van der Waals surface area (Å²) in [4.78, 5) is 20.4. The molecule has 45 valence electrons. The van der Waals surface area contributed by atoms with Gasteiger partial charge in [0.1, 0.15) is 0 Å². The normalized spacial score (nSPS) is 7.62. The predicted octanol–water partition coefficient (Wildman–Crippen LogP) is 0.0406. The van der Waals surface area contributed by atoms with Gasteiger partial charge in [-0.1, -0.05) is 0 Å². The van der Waals surface area contributed by atoms with Crippen molar-refractivity contribution in [3.05, 3.63) is 0 Å². The van der Waals surface area contributed by atoms with Crippen molar-refractivity contribution in [1.29, 1.82) is 0 Å². The average Bonchev–Trinajstić information content (AvgIpc) is 1.65. The molecule has 0 aliphatic carbocycles. The molecule has 0 saturated heterocycles. The average molecular weight is 153 g/mol. The van der Waals surface area contributed by atoms with Gasteiger partial charge in [-0.2, -0.15) is 0 Å². The molecule has 8 heavy (non-hydrogen) atoms. The van der Waals surface area contributed by atoms with Crippen molar-refractivity contribution in [3.8, 4) is 4.73 Å². The summed E-state index contributed by atoms with van der Waals surface area (Å²) in [5, 5.41) is 0. The minimum absolute atomic E-state index is 0.0660. The van der Waals surface area contributed by atoms with Gasteiger partial charge in [0, 0.05) is 0 Å². The Labute approximate surface area is 55.2 Å². The maximum atomic E-state index is 10.2. The van der Waals surface area contributed by atoms with Crippen molar-refractivity contribution in [2.75, 3.05) is 0 Å². The van der Waals surface area contributed by atoms with Gasteiger partial charge in [-0.25, -0.2) is 0 Å². The fraction of sp³-hybridized carbons (Fsp3) is 0.400. The van der Waals surface area contributed by atoms with E-state index in [2.05, 4.69) is 20.1 Å². The van der Waals surface area contributed by atoms with Gasteiger partial charge in [-0.15, -0.1) is 0 Å². The van der Waals surface area contributed by atoms with Gasteiger partial charge in [-0.3, -0.25) is 0 Å². The van der Waals surface area contributed by atoms with Crippen LogP contribution in [0.15, 0.2) is 0 Å². The molecule has 0 aromatic heterocycles. The molecule has 0 amide bonds. The van der Waals surface area contributed by atoms with Gasteiger partial charge >= 0.3 is 54.6 Å². The Balaban J connectivity index is 3.61. The molecule has 0 aliphatic heterocycles. The van der Waals surface area contributed by atoms with E-state index < -0.39 is 0 Å². The van der Waals surface area contributed by atoms with Crippen LogP contribution in [0.1, 0.15) is 13.3 Å². The van der Waals surface area contributed by atoms with Crippen molar-refractivity contribution in [3.63, 3.8) is 0 Å². The van der Waals surface area contributed by atoms with Gasteiger partial charge < -0.3 is 0 Å². The third-order valence-electron chi connectivity index (χ3n) is 0.508. The molecule has 0 aromatic carbocycles. The van der Waals surface area contributed by atoms with Crippen LogP contribution >= 0.6 is 0 Å². The quantitative estimate of drug-likeness (QED) is 0.414. The topological polar surface area (TPSA) is 34.1 Å². The summed E-state index contributed by atoms with van der Waals surface area (Å²) >= 11 is 3.09. The number of ketones is 2. The molecule has 0 radical (unpaired) electrons. The SMILES string of the molecule is CC(=O)CC(=O)[C]#[Fe]. The Kier molecular flexibility index (Phi) is 3.46. The van der Waals surface area contributed by atoms with Crippen molar-refractivity contribution in [1.82, 2.24) is 0 Å². The molecule has 2 nitrogen and oxygen atoms in total. The Morgan fingerprint density at radius 2 is 2.12 bits per heavy atom. The number of rotatable bonds is 2. The standard InChI is InChI=1S/C5H5O2.Fe/c1-4(6)3-5(2)7;/h3H2,1H3;. The molecule has 0 heterocycles. The predicted molar refractivity (Wildman–Crippen MR) is 24.2 cm³/mol. The van der Waals surface area contributed by atoms with E-state index in [1.807, 2.05) is 0 Å². The zero-order valence-corrected chi connectivity index (χ0v) is 5.48. The van der Waals surface area contributed by atoms with Crippen LogP contribution in [-0.2, 0) is 25.0 Å². The zero-order valence-electron chi connectivity index (χ0n) is 4.38. The third-order valence-corrected chi connectivity index (χ3v) is 0.816. The summed E-state index contributed by atoms with van der Waals surface area (Å²) in [5.74, 6) is -0.483. The van der Waals surface area contributed by atoms with E-state index in [0.717, 1.165) is 0 Å². The van der Waals surface area contributed by atoms with E-state index in [1.165, 1.54) is 6.92 Å². The van der Waals surface area contributed by atoms with Crippen LogP contribution in [0.3, 0.4) is 0 Å². The van der Waals surface area contributed by atoms with E-state index >= 15 is 0 Å². The Bertz CT molecular complexity index is 154. The van der Waals surface area contributed by atoms with Crippen LogP contribution in [0.25, 0.3) is 0 Å². The van der Waals surface area contributed by atoms with Gasteiger partial charge in [0.25, 0.3) is 0 Å². The summed E-state index contributed by atoms with van der Waals surface area (Å²) in [6.45, 7) is 1.36. The number of hydrogen-bond donors (Lipinski definition) is 0. The van der Waals surface area contributed by atoms with Gasteiger partial charge in [0.2, 0.25) is 0 Å². The summed E-state index contributed by atoms with van der Waals surface area (Å²) in [7, 11) is 0. The van der Waals surface area contributed by atoms with Crippen LogP contribution in [0.5, 0.6) is 0 Å². The first-order valence-electron chi connectivity index (χ1n) is 2.04. The Morgan fingerprint density at radius 3 is 2.25 bits per heavy atom. The summed E-state index contributed by atoms with van der Waals surface area (Å²) in [6, 6.07) is 0. The van der Waals surface area contributed by atoms with Crippen LogP contribution in [0.4, 0.5) is 0 Å². The zero-order chi connectivity index (χ0) is 6.57. The van der Waals surface area contributed by atoms with E-state index in [1.54, 1.807) is 0 Å².